The maximum atomic E-state index is 13.3. The zero-order chi connectivity index (χ0) is 19.5. The Bertz CT molecular complexity index is 812. The lowest BCUT2D eigenvalue weighted by molar-refractivity contribution is 0.0643. The number of benzene rings is 1. The summed E-state index contributed by atoms with van der Waals surface area (Å²) in [6.45, 7) is 2.22. The van der Waals surface area contributed by atoms with E-state index in [4.69, 9.17) is 0 Å². The maximum Gasteiger partial charge on any atom is 0.257 e. The Hall–Kier alpha value is -2.58. The summed E-state index contributed by atoms with van der Waals surface area (Å²) in [6.07, 6.45) is 5.15. The van der Waals surface area contributed by atoms with Crippen molar-refractivity contribution in [2.24, 2.45) is 5.92 Å². The second kappa shape index (κ2) is 8.20. The molecule has 4 rings (SSSR count). The fourth-order valence-electron chi connectivity index (χ4n) is 4.23. The van der Waals surface area contributed by atoms with Crippen LogP contribution in [0.25, 0.3) is 0 Å². The number of anilines is 1. The minimum atomic E-state index is -0.222. The molecule has 0 bridgehead atoms. The number of aromatic nitrogens is 2. The lowest BCUT2D eigenvalue weighted by Gasteiger charge is -2.37. The molecule has 3 unspecified atom stereocenters. The van der Waals surface area contributed by atoms with Crippen LogP contribution >= 0.6 is 0 Å². The monoisotopic (exact) mass is 384 g/mol. The standard InChI is InChI=1S/C20H25FN6O/c1-22-20-23-9-15(10-24-20)19(28)27-8-2-3-14(12-27)18-17(11-25-26-18)13-4-6-16(21)7-5-13/h4-7,9-10,14,17-18,25-26H,2-3,8,11-12H2,1H3,(H,22,23,24). The number of hydrogen-bond acceptors (Lipinski definition) is 6. The summed E-state index contributed by atoms with van der Waals surface area (Å²) in [5.41, 5.74) is 8.26. The van der Waals surface area contributed by atoms with Gasteiger partial charge in [-0.3, -0.25) is 15.6 Å². The van der Waals surface area contributed by atoms with Crippen molar-refractivity contribution < 1.29 is 9.18 Å². The van der Waals surface area contributed by atoms with E-state index in [2.05, 4.69) is 26.1 Å². The highest BCUT2D eigenvalue weighted by Gasteiger charge is 2.37. The number of hydrogen-bond donors (Lipinski definition) is 3. The van der Waals surface area contributed by atoms with Crippen LogP contribution in [0, 0.1) is 11.7 Å². The van der Waals surface area contributed by atoms with Crippen molar-refractivity contribution in [1.29, 1.82) is 0 Å². The van der Waals surface area contributed by atoms with Gasteiger partial charge in [-0.25, -0.2) is 14.4 Å². The molecule has 2 fully saturated rings. The fraction of sp³-hybridized carbons (Fsp3) is 0.450. The molecule has 0 spiro atoms. The molecule has 8 heteroatoms. The summed E-state index contributed by atoms with van der Waals surface area (Å²) in [5.74, 6) is 0.812. The van der Waals surface area contributed by atoms with Gasteiger partial charge in [0.2, 0.25) is 5.95 Å². The minimum absolute atomic E-state index is 0.0309. The molecule has 2 saturated heterocycles. The maximum absolute atomic E-state index is 13.3. The first-order valence-corrected chi connectivity index (χ1v) is 9.68. The molecule has 1 aromatic heterocycles. The molecular formula is C20H25FN6O. The van der Waals surface area contributed by atoms with Crippen molar-refractivity contribution in [3.05, 3.63) is 53.6 Å². The van der Waals surface area contributed by atoms with Crippen LogP contribution in [0.3, 0.4) is 0 Å². The average Bonchev–Trinajstić information content (AvgIpc) is 3.24. The minimum Gasteiger partial charge on any atom is -0.357 e. The first-order valence-electron chi connectivity index (χ1n) is 9.68. The normalized spacial score (nSPS) is 24.9. The van der Waals surface area contributed by atoms with Crippen LogP contribution in [-0.2, 0) is 0 Å². The largest absolute Gasteiger partial charge is 0.357 e. The van der Waals surface area contributed by atoms with Crippen LogP contribution in [0.2, 0.25) is 0 Å². The molecule has 3 N–H and O–H groups in total. The Balaban J connectivity index is 1.46. The van der Waals surface area contributed by atoms with E-state index in [0.717, 1.165) is 31.5 Å². The molecule has 2 aliphatic rings. The molecule has 1 aromatic carbocycles. The summed E-state index contributed by atoms with van der Waals surface area (Å²) in [5, 5.41) is 2.85. The number of carbonyl (C=O) groups is 1. The van der Waals surface area contributed by atoms with E-state index < -0.39 is 0 Å². The van der Waals surface area contributed by atoms with Gasteiger partial charge in [-0.15, -0.1) is 0 Å². The Morgan fingerprint density at radius 1 is 1.25 bits per heavy atom. The number of nitrogens with zero attached hydrogens (tertiary/aromatic N) is 3. The Morgan fingerprint density at radius 3 is 2.71 bits per heavy atom. The molecule has 2 aliphatic heterocycles. The molecule has 1 amide bonds. The van der Waals surface area contributed by atoms with Crippen LogP contribution < -0.4 is 16.2 Å². The molecule has 0 aliphatic carbocycles. The van der Waals surface area contributed by atoms with E-state index >= 15 is 0 Å². The first-order chi connectivity index (χ1) is 13.7. The molecule has 2 aromatic rings. The summed E-state index contributed by atoms with van der Waals surface area (Å²) < 4.78 is 13.3. The number of piperidine rings is 1. The molecular weight excluding hydrogens is 359 g/mol. The third-order valence-corrected chi connectivity index (χ3v) is 5.70. The van der Waals surface area contributed by atoms with Crippen molar-refractivity contribution in [2.45, 2.75) is 24.8 Å². The van der Waals surface area contributed by atoms with E-state index in [1.54, 1.807) is 19.4 Å². The highest BCUT2D eigenvalue weighted by atomic mass is 19.1. The van der Waals surface area contributed by atoms with Crippen LogP contribution in [0.4, 0.5) is 10.3 Å². The molecule has 7 nitrogen and oxygen atoms in total. The van der Waals surface area contributed by atoms with Gasteiger partial charge in [0.05, 0.1) is 5.56 Å². The number of nitrogens with one attached hydrogen (secondary N) is 3. The summed E-state index contributed by atoms with van der Waals surface area (Å²) in [4.78, 5) is 23.1. The molecule has 0 saturated carbocycles. The summed E-state index contributed by atoms with van der Waals surface area (Å²) in [7, 11) is 1.74. The average molecular weight is 384 g/mol. The van der Waals surface area contributed by atoms with Gasteiger partial charge in [0, 0.05) is 51.0 Å². The Labute approximate surface area is 163 Å². The van der Waals surface area contributed by atoms with Gasteiger partial charge < -0.3 is 10.2 Å². The van der Waals surface area contributed by atoms with Crippen LogP contribution in [0.5, 0.6) is 0 Å². The van der Waals surface area contributed by atoms with Crippen LogP contribution in [-0.4, -0.2) is 53.5 Å². The van der Waals surface area contributed by atoms with E-state index in [9.17, 15) is 9.18 Å². The number of amides is 1. The third-order valence-electron chi connectivity index (χ3n) is 5.70. The van der Waals surface area contributed by atoms with E-state index in [1.807, 2.05) is 17.0 Å². The van der Waals surface area contributed by atoms with Crippen LogP contribution in [0.1, 0.15) is 34.7 Å². The van der Waals surface area contributed by atoms with E-state index in [0.29, 0.717) is 24.0 Å². The molecule has 148 valence electrons. The lowest BCUT2D eigenvalue weighted by atomic mass is 9.81. The van der Waals surface area contributed by atoms with Crippen molar-refractivity contribution >= 4 is 11.9 Å². The Morgan fingerprint density at radius 2 is 2.00 bits per heavy atom. The Kier molecular flexibility index (Phi) is 5.50. The van der Waals surface area contributed by atoms with Gasteiger partial charge in [0.15, 0.2) is 0 Å². The molecule has 3 atom stereocenters. The third kappa shape index (κ3) is 3.83. The van der Waals surface area contributed by atoms with Crippen LogP contribution in [0.15, 0.2) is 36.7 Å². The van der Waals surface area contributed by atoms with Gasteiger partial charge in [-0.2, -0.15) is 0 Å². The number of carbonyl (C=O) groups excluding carboxylic acids is 1. The van der Waals surface area contributed by atoms with Crippen molar-refractivity contribution in [2.75, 3.05) is 32.0 Å². The topological polar surface area (TPSA) is 82.2 Å². The van der Waals surface area contributed by atoms with E-state index in [1.165, 1.54) is 12.1 Å². The molecule has 0 radical (unpaired) electrons. The zero-order valence-electron chi connectivity index (χ0n) is 15.9. The van der Waals surface area contributed by atoms with E-state index in [-0.39, 0.29) is 23.7 Å². The van der Waals surface area contributed by atoms with Gasteiger partial charge >= 0.3 is 0 Å². The fourth-order valence-corrected chi connectivity index (χ4v) is 4.23. The zero-order valence-corrected chi connectivity index (χ0v) is 15.9. The predicted molar refractivity (Wildman–Crippen MR) is 104 cm³/mol. The summed E-state index contributed by atoms with van der Waals surface area (Å²) >= 11 is 0. The quantitative estimate of drug-likeness (QED) is 0.745. The van der Waals surface area contributed by atoms with Crippen molar-refractivity contribution in [3.8, 4) is 0 Å². The van der Waals surface area contributed by atoms with Crippen molar-refractivity contribution in [3.63, 3.8) is 0 Å². The lowest BCUT2D eigenvalue weighted by Crippen LogP contribution is -2.48. The summed E-state index contributed by atoms with van der Waals surface area (Å²) in [6, 6.07) is 6.93. The number of hydrazine groups is 1. The van der Waals surface area contributed by atoms with Gasteiger partial charge in [0.1, 0.15) is 5.82 Å². The van der Waals surface area contributed by atoms with Crippen molar-refractivity contribution in [1.82, 2.24) is 25.7 Å². The van der Waals surface area contributed by atoms with Gasteiger partial charge in [-0.05, 0) is 36.5 Å². The highest BCUT2D eigenvalue weighted by molar-refractivity contribution is 5.93. The first kappa shape index (κ1) is 18.8. The SMILES string of the molecule is CNc1ncc(C(=O)N2CCCC(C3NNCC3c3ccc(F)cc3)C2)cn1. The molecule has 28 heavy (non-hydrogen) atoms. The van der Waals surface area contributed by atoms with Gasteiger partial charge in [-0.1, -0.05) is 12.1 Å². The number of likely N-dealkylation sites (tertiary alicyclic amines) is 1. The van der Waals surface area contributed by atoms with Gasteiger partial charge in [0.25, 0.3) is 5.91 Å². The smallest absolute Gasteiger partial charge is 0.257 e. The number of halogens is 1. The molecule has 3 heterocycles. The second-order valence-corrected chi connectivity index (χ2v) is 7.41. The predicted octanol–water partition coefficient (Wildman–Crippen LogP) is 1.77. The number of rotatable bonds is 4. The highest BCUT2D eigenvalue weighted by Crippen LogP contribution is 2.32. The second-order valence-electron chi connectivity index (χ2n) is 7.41.